The highest BCUT2D eigenvalue weighted by molar-refractivity contribution is 5.77. The van der Waals surface area contributed by atoms with Crippen LogP contribution in [0.5, 0.6) is 0 Å². The number of piperazine rings is 1. The van der Waals surface area contributed by atoms with Gasteiger partial charge in [0.1, 0.15) is 5.82 Å². The molecule has 0 spiro atoms. The Kier molecular flexibility index (Phi) is 7.77. The lowest BCUT2D eigenvalue weighted by atomic mass is 10.2. The van der Waals surface area contributed by atoms with Gasteiger partial charge in [0.05, 0.1) is 6.54 Å². The van der Waals surface area contributed by atoms with Crippen LogP contribution in [0.1, 0.15) is 18.9 Å². The smallest absolute Gasteiger partial charge is 0.188 e. The fourth-order valence-corrected chi connectivity index (χ4v) is 2.50. The van der Waals surface area contributed by atoms with E-state index in [1.165, 1.54) is 0 Å². The van der Waals surface area contributed by atoms with Gasteiger partial charge in [-0.3, -0.25) is 0 Å². The molecule has 1 aliphatic heterocycles. The lowest BCUT2D eigenvalue weighted by molar-refractivity contribution is 0.145. The average molecular weight is 334 g/mol. The van der Waals surface area contributed by atoms with Gasteiger partial charge in [0.15, 0.2) is 5.96 Å². The summed E-state index contributed by atoms with van der Waals surface area (Å²) in [6, 6.07) is 4.15. The second-order valence-electron chi connectivity index (χ2n) is 5.99. The highest BCUT2D eigenvalue weighted by Crippen LogP contribution is 2.13. The molecule has 0 amide bonds. The number of ether oxygens (including phenoxy) is 1. The van der Waals surface area contributed by atoms with Crippen molar-refractivity contribution in [3.63, 3.8) is 0 Å². The summed E-state index contributed by atoms with van der Waals surface area (Å²) in [7, 11) is 2.15. The Balaban J connectivity index is 1.73. The van der Waals surface area contributed by atoms with Crippen molar-refractivity contribution in [1.29, 1.82) is 0 Å². The number of nitrogens with one attached hydrogen (secondary N) is 1. The minimum atomic E-state index is 0.467. The summed E-state index contributed by atoms with van der Waals surface area (Å²) >= 11 is 0. The molecule has 0 atom stereocenters. The van der Waals surface area contributed by atoms with Crippen molar-refractivity contribution in [2.75, 3.05) is 57.9 Å². The van der Waals surface area contributed by atoms with Gasteiger partial charge in [0, 0.05) is 52.1 Å². The zero-order chi connectivity index (χ0) is 17.2. The first kappa shape index (κ1) is 18.5. The molecule has 0 bridgehead atoms. The molecule has 0 radical (unpaired) electrons. The molecule has 1 aliphatic rings. The van der Waals surface area contributed by atoms with Crippen LogP contribution in [0, 0.1) is 0 Å². The molecule has 7 heteroatoms. The molecule has 7 nitrogen and oxygen atoms in total. The maximum absolute atomic E-state index is 5.86. The zero-order valence-electron chi connectivity index (χ0n) is 14.9. The predicted molar refractivity (Wildman–Crippen MR) is 98.4 cm³/mol. The number of pyridine rings is 1. The highest BCUT2D eigenvalue weighted by atomic mass is 16.5. The summed E-state index contributed by atoms with van der Waals surface area (Å²) < 4.78 is 5.28. The predicted octanol–water partition coefficient (Wildman–Crippen LogP) is 0.664. The molecule has 0 unspecified atom stereocenters. The second kappa shape index (κ2) is 10.1. The number of aromatic nitrogens is 1. The topological polar surface area (TPSA) is 79.0 Å². The monoisotopic (exact) mass is 334 g/mol. The third-order valence-electron chi connectivity index (χ3n) is 4.04. The maximum Gasteiger partial charge on any atom is 0.188 e. The van der Waals surface area contributed by atoms with Gasteiger partial charge in [-0.2, -0.15) is 0 Å². The molecule has 2 heterocycles. The number of anilines is 1. The number of nitrogens with two attached hydrogens (primary N) is 1. The van der Waals surface area contributed by atoms with Gasteiger partial charge >= 0.3 is 0 Å². The molecule has 134 valence electrons. The van der Waals surface area contributed by atoms with Crippen LogP contribution in [-0.4, -0.2) is 68.8 Å². The van der Waals surface area contributed by atoms with Crippen molar-refractivity contribution in [3.05, 3.63) is 23.9 Å². The highest BCUT2D eigenvalue weighted by Gasteiger charge is 2.14. The van der Waals surface area contributed by atoms with Crippen LogP contribution in [-0.2, 0) is 11.3 Å². The third kappa shape index (κ3) is 6.33. The van der Waals surface area contributed by atoms with E-state index in [2.05, 4.69) is 44.3 Å². The Morgan fingerprint density at radius 1 is 1.33 bits per heavy atom. The maximum atomic E-state index is 5.86. The number of rotatable bonds is 8. The fraction of sp³-hybridized carbons (Fsp3) is 0.647. The van der Waals surface area contributed by atoms with E-state index in [1.807, 2.05) is 13.1 Å². The second-order valence-corrected chi connectivity index (χ2v) is 5.99. The van der Waals surface area contributed by atoms with Gasteiger partial charge in [-0.05, 0) is 32.0 Å². The lowest BCUT2D eigenvalue weighted by Gasteiger charge is -2.33. The first-order valence-electron chi connectivity index (χ1n) is 8.69. The Hall–Kier alpha value is -1.86. The summed E-state index contributed by atoms with van der Waals surface area (Å²) in [5.74, 6) is 1.51. The molecule has 1 aromatic rings. The van der Waals surface area contributed by atoms with Gasteiger partial charge in [-0.1, -0.05) is 6.07 Å². The molecule has 1 fully saturated rings. The summed E-state index contributed by atoms with van der Waals surface area (Å²) in [5, 5.41) is 3.09. The molecule has 0 aromatic carbocycles. The van der Waals surface area contributed by atoms with Crippen LogP contribution >= 0.6 is 0 Å². The van der Waals surface area contributed by atoms with E-state index < -0.39 is 0 Å². The lowest BCUT2D eigenvalue weighted by Crippen LogP contribution is -2.44. The van der Waals surface area contributed by atoms with Crippen molar-refractivity contribution in [1.82, 2.24) is 15.2 Å². The number of likely N-dealkylation sites (N-methyl/N-ethyl adjacent to an activating group) is 1. The molecule has 2 rings (SSSR count). The van der Waals surface area contributed by atoms with E-state index in [0.29, 0.717) is 12.5 Å². The van der Waals surface area contributed by atoms with Gasteiger partial charge in [0.25, 0.3) is 0 Å². The largest absolute Gasteiger partial charge is 0.382 e. The Bertz CT molecular complexity index is 496. The van der Waals surface area contributed by atoms with E-state index in [0.717, 1.165) is 63.7 Å². The van der Waals surface area contributed by atoms with Crippen LogP contribution in [0.4, 0.5) is 5.82 Å². The average Bonchev–Trinajstić information content (AvgIpc) is 2.61. The van der Waals surface area contributed by atoms with Crippen molar-refractivity contribution in [2.45, 2.75) is 19.9 Å². The van der Waals surface area contributed by atoms with E-state index in [1.54, 1.807) is 0 Å². The van der Waals surface area contributed by atoms with Gasteiger partial charge in [-0.15, -0.1) is 0 Å². The van der Waals surface area contributed by atoms with Crippen LogP contribution in [0.15, 0.2) is 23.3 Å². The summed E-state index contributed by atoms with van der Waals surface area (Å²) in [6.07, 6.45) is 2.81. The summed E-state index contributed by atoms with van der Waals surface area (Å²) in [4.78, 5) is 13.6. The minimum absolute atomic E-state index is 0.467. The SMILES string of the molecule is CCOCCCNC(N)=NCc1ccc(N2CCN(C)CC2)nc1. The van der Waals surface area contributed by atoms with Gasteiger partial charge < -0.3 is 25.6 Å². The third-order valence-corrected chi connectivity index (χ3v) is 4.04. The Morgan fingerprint density at radius 2 is 2.12 bits per heavy atom. The Morgan fingerprint density at radius 3 is 2.79 bits per heavy atom. The fourth-order valence-electron chi connectivity index (χ4n) is 2.50. The number of aliphatic imine (C=N–C) groups is 1. The van der Waals surface area contributed by atoms with Crippen molar-refractivity contribution in [2.24, 2.45) is 10.7 Å². The normalized spacial score (nSPS) is 16.4. The van der Waals surface area contributed by atoms with Gasteiger partial charge in [0.2, 0.25) is 0 Å². The number of guanidine groups is 1. The number of hydrogen-bond donors (Lipinski definition) is 2. The molecular weight excluding hydrogens is 304 g/mol. The van der Waals surface area contributed by atoms with E-state index in [9.17, 15) is 0 Å². The number of hydrogen-bond acceptors (Lipinski definition) is 5. The zero-order valence-corrected chi connectivity index (χ0v) is 14.9. The summed E-state index contributed by atoms with van der Waals surface area (Å²) in [6.45, 7) is 9.02. The van der Waals surface area contributed by atoms with E-state index >= 15 is 0 Å². The Labute approximate surface area is 144 Å². The molecule has 0 aliphatic carbocycles. The van der Waals surface area contributed by atoms with Crippen molar-refractivity contribution in [3.8, 4) is 0 Å². The minimum Gasteiger partial charge on any atom is -0.382 e. The van der Waals surface area contributed by atoms with E-state index in [-0.39, 0.29) is 0 Å². The van der Waals surface area contributed by atoms with Crippen LogP contribution in [0.2, 0.25) is 0 Å². The molecule has 24 heavy (non-hydrogen) atoms. The first-order chi connectivity index (χ1) is 11.7. The van der Waals surface area contributed by atoms with Crippen LogP contribution in [0.3, 0.4) is 0 Å². The molecule has 0 saturated carbocycles. The molecular formula is C17H30N6O. The quantitative estimate of drug-likeness (QED) is 0.413. The molecule has 1 saturated heterocycles. The molecule has 3 N–H and O–H groups in total. The van der Waals surface area contributed by atoms with E-state index in [4.69, 9.17) is 10.5 Å². The number of nitrogens with zero attached hydrogens (tertiary/aromatic N) is 4. The van der Waals surface area contributed by atoms with Gasteiger partial charge in [-0.25, -0.2) is 9.98 Å². The molecule has 1 aromatic heterocycles. The van der Waals surface area contributed by atoms with Crippen molar-refractivity contribution < 1.29 is 4.74 Å². The summed E-state index contributed by atoms with van der Waals surface area (Å²) in [5.41, 5.74) is 6.92. The van der Waals surface area contributed by atoms with Crippen molar-refractivity contribution >= 4 is 11.8 Å². The standard InChI is InChI=1S/C17H30N6O/c1-3-24-12-4-7-19-17(18)21-14-15-5-6-16(20-13-15)23-10-8-22(2)9-11-23/h5-6,13H,3-4,7-12,14H2,1-2H3,(H3,18,19,21). The van der Waals surface area contributed by atoms with Crippen LogP contribution < -0.4 is 16.0 Å². The first-order valence-corrected chi connectivity index (χ1v) is 8.69. The van der Waals surface area contributed by atoms with Crippen LogP contribution in [0.25, 0.3) is 0 Å².